The lowest BCUT2D eigenvalue weighted by Crippen LogP contribution is -2.34. The van der Waals surface area contributed by atoms with E-state index in [1.54, 1.807) is 0 Å². The summed E-state index contributed by atoms with van der Waals surface area (Å²) < 4.78 is 0. The van der Waals surface area contributed by atoms with Crippen LogP contribution in [-0.2, 0) is 16.2 Å². The van der Waals surface area contributed by atoms with Crippen molar-refractivity contribution >= 4 is 17.1 Å². The Bertz CT molecular complexity index is 3070. The van der Waals surface area contributed by atoms with Gasteiger partial charge in [0, 0.05) is 16.9 Å². The van der Waals surface area contributed by atoms with E-state index in [4.69, 9.17) is 0 Å². The minimum atomic E-state index is -0.552. The van der Waals surface area contributed by atoms with Crippen molar-refractivity contribution in [1.29, 1.82) is 0 Å². The molecule has 0 fully saturated rings. The molecule has 0 radical (unpaired) electrons. The zero-order valence-electron chi connectivity index (χ0n) is 37.2. The van der Waals surface area contributed by atoms with Gasteiger partial charge in [-0.05, 0) is 132 Å². The first-order valence-electron chi connectivity index (χ1n) is 22.9. The van der Waals surface area contributed by atoms with Crippen molar-refractivity contribution in [3.63, 3.8) is 0 Å². The normalized spacial score (nSPS) is 15.1. The maximum Gasteiger partial charge on any atom is 0.0714 e. The lowest BCUT2D eigenvalue weighted by molar-refractivity contribution is 0.332. The molecule has 0 heterocycles. The molecular weight excluding hydrogens is 771 g/mol. The number of hydrogen-bond donors (Lipinski definition) is 0. The van der Waals surface area contributed by atoms with E-state index in [1.165, 1.54) is 90.0 Å². The van der Waals surface area contributed by atoms with E-state index in [-0.39, 0.29) is 10.8 Å². The third-order valence-electron chi connectivity index (χ3n) is 14.4. The van der Waals surface area contributed by atoms with E-state index in [0.717, 1.165) is 17.8 Å². The fourth-order valence-corrected chi connectivity index (χ4v) is 10.9. The van der Waals surface area contributed by atoms with Gasteiger partial charge in [0.05, 0.1) is 11.1 Å². The monoisotopic (exact) mass is 823 g/mol. The summed E-state index contributed by atoms with van der Waals surface area (Å²) in [7, 11) is 0. The molecule has 0 aliphatic heterocycles. The van der Waals surface area contributed by atoms with Gasteiger partial charge in [-0.1, -0.05) is 216 Å². The van der Waals surface area contributed by atoms with E-state index < -0.39 is 5.41 Å². The highest BCUT2D eigenvalue weighted by Crippen LogP contribution is 2.59. The van der Waals surface area contributed by atoms with Crippen molar-refractivity contribution in [3.05, 3.63) is 258 Å². The van der Waals surface area contributed by atoms with Crippen LogP contribution < -0.4 is 4.90 Å². The fourth-order valence-electron chi connectivity index (χ4n) is 10.9. The molecule has 0 saturated heterocycles. The SMILES string of the molecule is CC1(C)CCC(C)(C)c2cc(N(c3ccc(-c4ccccc4)cc3)c3cc4c(cc3-c3ccc(-c5ccccc5)cc3)-c3ccccc3C4(c3ccccc3)c3ccccc3)ccc21. The van der Waals surface area contributed by atoms with E-state index >= 15 is 0 Å². The largest absolute Gasteiger partial charge is 0.310 e. The first-order chi connectivity index (χ1) is 31.2. The molecule has 11 rings (SSSR count). The minimum absolute atomic E-state index is 0.0369. The number of nitrogens with zero attached hydrogens (tertiary/aromatic N) is 1. The summed E-state index contributed by atoms with van der Waals surface area (Å²) in [6.45, 7) is 9.71. The smallest absolute Gasteiger partial charge is 0.0714 e. The molecule has 0 unspecified atom stereocenters. The molecule has 0 amide bonds. The Morgan fingerprint density at radius 2 is 0.766 bits per heavy atom. The van der Waals surface area contributed by atoms with Gasteiger partial charge in [0.2, 0.25) is 0 Å². The average Bonchev–Trinajstić information content (AvgIpc) is 3.64. The van der Waals surface area contributed by atoms with Crippen LogP contribution in [-0.4, -0.2) is 0 Å². The Kier molecular flexibility index (Phi) is 9.62. The second-order valence-corrected chi connectivity index (χ2v) is 19.1. The molecule has 0 aromatic heterocycles. The quantitative estimate of drug-likeness (QED) is 0.148. The van der Waals surface area contributed by atoms with Crippen molar-refractivity contribution in [2.24, 2.45) is 0 Å². The predicted octanol–water partition coefficient (Wildman–Crippen LogP) is 16.9. The molecular formula is C63H53N. The second-order valence-electron chi connectivity index (χ2n) is 19.1. The summed E-state index contributed by atoms with van der Waals surface area (Å²) >= 11 is 0. The highest BCUT2D eigenvalue weighted by molar-refractivity contribution is 5.97. The third kappa shape index (κ3) is 6.53. The molecule has 0 saturated carbocycles. The summed E-state index contributed by atoms with van der Waals surface area (Å²) in [5.41, 5.74) is 20.8. The number of anilines is 3. The van der Waals surface area contributed by atoms with Crippen LogP contribution in [0.5, 0.6) is 0 Å². The minimum Gasteiger partial charge on any atom is -0.310 e. The first kappa shape index (κ1) is 39.6. The van der Waals surface area contributed by atoms with Gasteiger partial charge in [-0.25, -0.2) is 0 Å². The van der Waals surface area contributed by atoms with Gasteiger partial charge in [-0.15, -0.1) is 0 Å². The summed E-state index contributed by atoms with van der Waals surface area (Å²) in [5, 5.41) is 0. The molecule has 64 heavy (non-hydrogen) atoms. The Morgan fingerprint density at radius 1 is 0.312 bits per heavy atom. The van der Waals surface area contributed by atoms with Crippen LogP contribution in [0.2, 0.25) is 0 Å². The van der Waals surface area contributed by atoms with Gasteiger partial charge in [-0.3, -0.25) is 0 Å². The van der Waals surface area contributed by atoms with E-state index in [2.05, 4.69) is 257 Å². The maximum absolute atomic E-state index is 2.55. The molecule has 0 N–H and O–H groups in total. The molecule has 2 aliphatic rings. The van der Waals surface area contributed by atoms with Gasteiger partial charge in [0.25, 0.3) is 0 Å². The van der Waals surface area contributed by atoms with E-state index in [0.29, 0.717) is 0 Å². The molecule has 0 atom stereocenters. The van der Waals surface area contributed by atoms with E-state index in [1.807, 2.05) is 0 Å². The van der Waals surface area contributed by atoms with Crippen LogP contribution in [0.25, 0.3) is 44.5 Å². The van der Waals surface area contributed by atoms with Crippen molar-refractivity contribution in [1.82, 2.24) is 0 Å². The van der Waals surface area contributed by atoms with Crippen LogP contribution >= 0.6 is 0 Å². The number of fused-ring (bicyclic) bond motifs is 4. The predicted molar refractivity (Wildman–Crippen MR) is 270 cm³/mol. The highest BCUT2D eigenvalue weighted by atomic mass is 15.1. The molecule has 1 nitrogen and oxygen atoms in total. The Labute approximate surface area is 379 Å². The summed E-state index contributed by atoms with van der Waals surface area (Å²) in [4.78, 5) is 2.55. The lowest BCUT2D eigenvalue weighted by Gasteiger charge is -2.42. The molecule has 0 bridgehead atoms. The Balaban J connectivity index is 1.23. The number of benzene rings is 9. The first-order valence-corrected chi connectivity index (χ1v) is 22.9. The van der Waals surface area contributed by atoms with Crippen LogP contribution in [0.15, 0.2) is 224 Å². The molecule has 2 aliphatic carbocycles. The average molecular weight is 824 g/mol. The van der Waals surface area contributed by atoms with Gasteiger partial charge in [0.15, 0.2) is 0 Å². The molecule has 9 aromatic carbocycles. The summed E-state index contributed by atoms with van der Waals surface area (Å²) in [6.07, 6.45) is 2.32. The lowest BCUT2D eigenvalue weighted by atomic mass is 9.63. The molecule has 310 valence electrons. The zero-order chi connectivity index (χ0) is 43.5. The number of hydrogen-bond acceptors (Lipinski definition) is 1. The van der Waals surface area contributed by atoms with Crippen LogP contribution in [0.3, 0.4) is 0 Å². The highest BCUT2D eigenvalue weighted by Gasteiger charge is 2.47. The molecule has 9 aromatic rings. The van der Waals surface area contributed by atoms with Crippen LogP contribution in [0, 0.1) is 0 Å². The van der Waals surface area contributed by atoms with E-state index in [9.17, 15) is 0 Å². The number of rotatable bonds is 8. The van der Waals surface area contributed by atoms with Crippen LogP contribution in [0.4, 0.5) is 17.1 Å². The van der Waals surface area contributed by atoms with Gasteiger partial charge in [-0.2, -0.15) is 0 Å². The van der Waals surface area contributed by atoms with Gasteiger partial charge in [0.1, 0.15) is 0 Å². The topological polar surface area (TPSA) is 3.24 Å². The maximum atomic E-state index is 2.55. The summed E-state index contributed by atoms with van der Waals surface area (Å²) in [6, 6.07) is 83.7. The Morgan fingerprint density at radius 3 is 1.34 bits per heavy atom. The van der Waals surface area contributed by atoms with Gasteiger partial charge >= 0.3 is 0 Å². The van der Waals surface area contributed by atoms with Crippen molar-refractivity contribution < 1.29 is 0 Å². The zero-order valence-corrected chi connectivity index (χ0v) is 37.2. The third-order valence-corrected chi connectivity index (χ3v) is 14.4. The molecule has 1 heteroatoms. The van der Waals surface area contributed by atoms with Crippen molar-refractivity contribution in [2.75, 3.05) is 4.90 Å². The van der Waals surface area contributed by atoms with Crippen molar-refractivity contribution in [2.45, 2.75) is 56.8 Å². The molecule has 0 spiro atoms. The summed E-state index contributed by atoms with van der Waals surface area (Å²) in [5.74, 6) is 0. The fraction of sp³-hybridized carbons (Fsp3) is 0.143. The Hall–Kier alpha value is -7.22. The van der Waals surface area contributed by atoms with Gasteiger partial charge < -0.3 is 4.90 Å². The standard InChI is InChI=1S/C63H53N/c1-61(2)39-40-62(3,4)59-41-52(37-38-57(59)61)64(51-35-33-47(34-36-51)45-21-11-6-12-22-45)60-43-58-55(42-54(60)48-31-29-46(30-32-48)44-19-9-5-10-20-44)53-27-17-18-28-56(53)63(58,49-23-13-7-14-24-49)50-25-15-8-16-26-50/h5-38,41-43H,39-40H2,1-4H3. The van der Waals surface area contributed by atoms with Crippen LogP contribution in [0.1, 0.15) is 73.9 Å². The second kappa shape index (κ2) is 15.5. The van der Waals surface area contributed by atoms with Crippen molar-refractivity contribution in [3.8, 4) is 44.5 Å².